The molecule has 1 aromatic rings. The second kappa shape index (κ2) is 7.77. The Labute approximate surface area is 134 Å². The molecule has 0 unspecified atom stereocenters. The Balaban J connectivity index is 2.72. The topological polar surface area (TPSA) is 74.2 Å². The first-order chi connectivity index (χ1) is 10.7. The van der Waals surface area contributed by atoms with Gasteiger partial charge in [0.2, 0.25) is 5.91 Å². The first kappa shape index (κ1) is 18.7. The molecular formula is C16H21F2N3O2. The molecule has 1 aromatic carbocycles. The molecule has 1 rings (SSSR count). The Morgan fingerprint density at radius 2 is 2.09 bits per heavy atom. The summed E-state index contributed by atoms with van der Waals surface area (Å²) in [6.45, 7) is 3.96. The zero-order chi connectivity index (χ0) is 17.6. The van der Waals surface area contributed by atoms with E-state index < -0.39 is 12.2 Å². The van der Waals surface area contributed by atoms with Gasteiger partial charge >= 0.3 is 6.61 Å². The summed E-state index contributed by atoms with van der Waals surface area (Å²) in [5.74, 6) is -0.363. The van der Waals surface area contributed by atoms with Crippen LogP contribution in [0.15, 0.2) is 18.2 Å². The van der Waals surface area contributed by atoms with Crippen LogP contribution in [-0.4, -0.2) is 24.6 Å². The lowest BCUT2D eigenvalue weighted by atomic mass is 9.90. The average Bonchev–Trinajstić information content (AvgIpc) is 2.47. The Bertz CT molecular complexity index is 599. The second-order valence-electron chi connectivity index (χ2n) is 5.68. The third-order valence-corrected chi connectivity index (χ3v) is 3.73. The smallest absolute Gasteiger partial charge is 0.387 e. The Kier molecular flexibility index (Phi) is 6.31. The lowest BCUT2D eigenvalue weighted by Crippen LogP contribution is -2.50. The van der Waals surface area contributed by atoms with Crippen LogP contribution in [0.1, 0.15) is 26.3 Å². The Hall–Kier alpha value is -2.36. The highest BCUT2D eigenvalue weighted by Crippen LogP contribution is 2.26. The summed E-state index contributed by atoms with van der Waals surface area (Å²) in [4.78, 5) is 12.0. The quantitative estimate of drug-likeness (QED) is 0.808. The van der Waals surface area contributed by atoms with Gasteiger partial charge in [0.1, 0.15) is 11.3 Å². The van der Waals surface area contributed by atoms with E-state index in [1.807, 2.05) is 13.8 Å². The van der Waals surface area contributed by atoms with Crippen LogP contribution in [-0.2, 0) is 4.79 Å². The van der Waals surface area contributed by atoms with Crippen molar-refractivity contribution in [1.29, 1.82) is 5.26 Å². The highest BCUT2D eigenvalue weighted by atomic mass is 19.3. The van der Waals surface area contributed by atoms with Gasteiger partial charge in [0, 0.05) is 11.3 Å². The summed E-state index contributed by atoms with van der Waals surface area (Å²) in [6, 6.07) is 6.73. The van der Waals surface area contributed by atoms with Gasteiger partial charge in [-0.05, 0) is 31.9 Å². The number of amides is 1. The number of nitriles is 1. The van der Waals surface area contributed by atoms with Crippen molar-refractivity contribution in [3.8, 4) is 11.8 Å². The van der Waals surface area contributed by atoms with Gasteiger partial charge < -0.3 is 15.4 Å². The fraction of sp³-hybridized carbons (Fsp3) is 0.500. The van der Waals surface area contributed by atoms with Gasteiger partial charge in [-0.25, -0.2) is 0 Å². The molecule has 0 radical (unpaired) electrons. The van der Waals surface area contributed by atoms with E-state index in [1.165, 1.54) is 6.07 Å². The zero-order valence-corrected chi connectivity index (χ0v) is 13.6. The monoisotopic (exact) mass is 325 g/mol. The number of alkyl halides is 2. The molecule has 0 heterocycles. The summed E-state index contributed by atoms with van der Waals surface area (Å²) in [5, 5.41) is 14.7. The van der Waals surface area contributed by atoms with E-state index in [4.69, 9.17) is 0 Å². The van der Waals surface area contributed by atoms with Crippen LogP contribution in [0.4, 0.5) is 14.5 Å². The molecule has 2 N–H and O–H groups in total. The van der Waals surface area contributed by atoms with E-state index in [2.05, 4.69) is 21.4 Å². The van der Waals surface area contributed by atoms with Gasteiger partial charge in [-0.1, -0.05) is 19.9 Å². The molecular weight excluding hydrogens is 304 g/mol. The number of carbonyl (C=O) groups excluding carboxylic acids is 1. The van der Waals surface area contributed by atoms with Crippen molar-refractivity contribution in [3.63, 3.8) is 0 Å². The third-order valence-electron chi connectivity index (χ3n) is 3.73. The average molecular weight is 325 g/mol. The van der Waals surface area contributed by atoms with Gasteiger partial charge in [0.25, 0.3) is 0 Å². The molecule has 0 spiro atoms. The zero-order valence-electron chi connectivity index (χ0n) is 13.6. The third kappa shape index (κ3) is 5.09. The lowest BCUT2D eigenvalue weighted by molar-refractivity contribution is -0.121. The summed E-state index contributed by atoms with van der Waals surface area (Å²) in [5.41, 5.74) is 0.0306. The molecule has 0 aliphatic rings. The summed E-state index contributed by atoms with van der Waals surface area (Å²) in [7, 11) is 0. The van der Waals surface area contributed by atoms with E-state index in [0.29, 0.717) is 11.3 Å². The Morgan fingerprint density at radius 1 is 1.43 bits per heavy atom. The van der Waals surface area contributed by atoms with Crippen molar-refractivity contribution in [3.05, 3.63) is 23.8 Å². The molecule has 23 heavy (non-hydrogen) atoms. The highest BCUT2D eigenvalue weighted by molar-refractivity contribution is 5.82. The second-order valence-corrected chi connectivity index (χ2v) is 5.68. The van der Waals surface area contributed by atoms with Gasteiger partial charge in [-0.3, -0.25) is 4.79 Å². The molecule has 1 amide bonds. The van der Waals surface area contributed by atoms with Crippen LogP contribution < -0.4 is 15.4 Å². The molecule has 0 saturated heterocycles. The van der Waals surface area contributed by atoms with E-state index in [9.17, 15) is 18.8 Å². The molecule has 5 nitrogen and oxygen atoms in total. The number of anilines is 1. The van der Waals surface area contributed by atoms with E-state index in [-0.39, 0.29) is 24.1 Å². The predicted octanol–water partition coefficient (Wildman–Crippen LogP) is 3.06. The van der Waals surface area contributed by atoms with E-state index in [0.717, 1.165) is 0 Å². The van der Waals surface area contributed by atoms with Crippen molar-refractivity contribution in [2.24, 2.45) is 5.92 Å². The van der Waals surface area contributed by atoms with Crippen LogP contribution in [0.2, 0.25) is 0 Å². The molecule has 0 aromatic heterocycles. The number of nitrogens with zero attached hydrogens (tertiary/aromatic N) is 1. The number of ether oxygens (including phenoxy) is 1. The van der Waals surface area contributed by atoms with Gasteiger partial charge in [0.05, 0.1) is 12.6 Å². The van der Waals surface area contributed by atoms with Crippen molar-refractivity contribution in [2.75, 3.05) is 11.9 Å². The number of rotatable bonds is 7. The molecule has 0 fully saturated rings. The van der Waals surface area contributed by atoms with Crippen LogP contribution in [0.25, 0.3) is 0 Å². The number of carbonyl (C=O) groups is 1. The number of halogens is 2. The van der Waals surface area contributed by atoms with E-state index >= 15 is 0 Å². The molecule has 7 heteroatoms. The normalized spacial score (nSPS) is 13.3. The van der Waals surface area contributed by atoms with Crippen molar-refractivity contribution in [1.82, 2.24) is 5.32 Å². The maximum absolute atomic E-state index is 12.3. The van der Waals surface area contributed by atoms with Crippen LogP contribution in [0.3, 0.4) is 0 Å². The lowest BCUT2D eigenvalue weighted by Gasteiger charge is -2.27. The van der Waals surface area contributed by atoms with Crippen LogP contribution in [0, 0.1) is 24.2 Å². The van der Waals surface area contributed by atoms with Crippen molar-refractivity contribution in [2.45, 2.75) is 39.8 Å². The fourth-order valence-corrected chi connectivity index (χ4v) is 1.84. The van der Waals surface area contributed by atoms with Gasteiger partial charge in [-0.2, -0.15) is 14.0 Å². The molecule has 0 bridgehead atoms. The molecule has 0 aliphatic heterocycles. The Morgan fingerprint density at radius 3 is 2.61 bits per heavy atom. The van der Waals surface area contributed by atoms with Gasteiger partial charge in [0.15, 0.2) is 0 Å². The number of benzene rings is 1. The predicted molar refractivity (Wildman–Crippen MR) is 83.3 cm³/mol. The van der Waals surface area contributed by atoms with Gasteiger partial charge in [-0.15, -0.1) is 0 Å². The minimum atomic E-state index is -2.91. The fourth-order valence-electron chi connectivity index (χ4n) is 1.84. The summed E-state index contributed by atoms with van der Waals surface area (Å²) in [6.07, 6.45) is 0. The first-order valence-corrected chi connectivity index (χ1v) is 7.20. The van der Waals surface area contributed by atoms with Crippen molar-refractivity contribution >= 4 is 11.6 Å². The number of hydrogen-bond acceptors (Lipinski definition) is 4. The standard InChI is InChI=1S/C16H21F2N3O2/c1-10(2)16(4,9-19)21-14(22)8-20-12-6-5-7-13(11(12)3)23-15(17)18/h5-7,10,15,20H,8H2,1-4H3,(H,21,22)/t16-/m1/s1. The van der Waals surface area contributed by atoms with Crippen LogP contribution >= 0.6 is 0 Å². The maximum atomic E-state index is 12.3. The minimum Gasteiger partial charge on any atom is -0.434 e. The largest absolute Gasteiger partial charge is 0.434 e. The molecule has 0 aliphatic carbocycles. The summed E-state index contributed by atoms with van der Waals surface area (Å²) >= 11 is 0. The first-order valence-electron chi connectivity index (χ1n) is 7.20. The molecule has 126 valence electrons. The summed E-state index contributed by atoms with van der Waals surface area (Å²) < 4.78 is 29.0. The number of hydrogen-bond donors (Lipinski definition) is 2. The minimum absolute atomic E-state index is 0.0504. The molecule has 0 saturated carbocycles. The van der Waals surface area contributed by atoms with Crippen molar-refractivity contribution < 1.29 is 18.3 Å². The highest BCUT2D eigenvalue weighted by Gasteiger charge is 2.29. The molecule has 1 atom stereocenters. The number of nitrogens with one attached hydrogen (secondary N) is 2. The van der Waals surface area contributed by atoms with Crippen LogP contribution in [0.5, 0.6) is 5.75 Å². The van der Waals surface area contributed by atoms with E-state index in [1.54, 1.807) is 26.0 Å². The SMILES string of the molecule is Cc1c(NCC(=O)N[C@](C)(C#N)C(C)C)cccc1OC(F)F. The maximum Gasteiger partial charge on any atom is 0.387 e.